The van der Waals surface area contributed by atoms with Crippen molar-refractivity contribution in [2.45, 2.75) is 12.5 Å². The van der Waals surface area contributed by atoms with Gasteiger partial charge in [-0.2, -0.15) is 10.5 Å². The predicted molar refractivity (Wildman–Crippen MR) is 50.0 cm³/mol. The molecule has 0 amide bonds. The maximum atomic E-state index is 9.48. The van der Waals surface area contributed by atoms with E-state index in [-0.39, 0.29) is 12.2 Å². The Hall–Kier alpha value is -2.04. The van der Waals surface area contributed by atoms with Gasteiger partial charge in [-0.3, -0.25) is 0 Å². The Labute approximate surface area is 81.8 Å². The van der Waals surface area contributed by atoms with Crippen molar-refractivity contribution in [1.82, 2.24) is 0 Å². The van der Waals surface area contributed by atoms with E-state index in [1.165, 1.54) is 6.07 Å². The zero-order valence-corrected chi connectivity index (χ0v) is 7.44. The van der Waals surface area contributed by atoms with Crippen LogP contribution in [0.4, 0.5) is 0 Å². The highest BCUT2D eigenvalue weighted by molar-refractivity contribution is 5.43. The molecule has 1 aromatic carbocycles. The van der Waals surface area contributed by atoms with Gasteiger partial charge in [-0.05, 0) is 12.1 Å². The van der Waals surface area contributed by atoms with Gasteiger partial charge in [0.15, 0.2) is 0 Å². The normalized spacial score (nSPS) is 11.4. The minimum Gasteiger partial charge on any atom is -0.508 e. The lowest BCUT2D eigenvalue weighted by Crippen LogP contribution is -2.09. The van der Waals surface area contributed by atoms with Crippen molar-refractivity contribution in [3.05, 3.63) is 29.3 Å². The molecule has 0 aliphatic heterocycles. The molecule has 0 aliphatic rings. The van der Waals surface area contributed by atoms with E-state index in [1.807, 2.05) is 12.1 Å². The summed E-state index contributed by atoms with van der Waals surface area (Å²) in [4.78, 5) is 0. The lowest BCUT2D eigenvalue weighted by Gasteiger charge is -2.09. The predicted octanol–water partition coefficient (Wildman–Crippen LogP) is 1.18. The molecular weight excluding hydrogens is 178 g/mol. The van der Waals surface area contributed by atoms with E-state index in [1.54, 1.807) is 12.1 Å². The zero-order chi connectivity index (χ0) is 10.6. The van der Waals surface area contributed by atoms with Crippen molar-refractivity contribution in [2.75, 3.05) is 0 Å². The molecule has 4 heteroatoms. The Balaban J connectivity index is 3.02. The van der Waals surface area contributed by atoms with Crippen molar-refractivity contribution < 1.29 is 5.11 Å². The Kier molecular flexibility index (Phi) is 3.06. The molecule has 0 spiro atoms. The fourth-order valence-electron chi connectivity index (χ4n) is 1.14. The molecule has 0 aliphatic carbocycles. The molecule has 70 valence electrons. The molecule has 0 fully saturated rings. The van der Waals surface area contributed by atoms with E-state index in [0.717, 1.165) is 0 Å². The van der Waals surface area contributed by atoms with Gasteiger partial charge in [0.05, 0.1) is 24.1 Å². The third-order valence-electron chi connectivity index (χ3n) is 1.87. The monoisotopic (exact) mass is 187 g/mol. The number of phenolic OH excluding ortho intramolecular Hbond substituents is 1. The Morgan fingerprint density at radius 2 is 2.14 bits per heavy atom. The first-order valence-corrected chi connectivity index (χ1v) is 4.04. The highest BCUT2D eigenvalue weighted by Gasteiger charge is 2.10. The molecule has 1 aromatic rings. The third kappa shape index (κ3) is 2.01. The van der Waals surface area contributed by atoms with Crippen LogP contribution in [0.5, 0.6) is 5.75 Å². The lowest BCUT2D eigenvalue weighted by atomic mass is 10.0. The number of nitriles is 2. The van der Waals surface area contributed by atoms with Gasteiger partial charge >= 0.3 is 0 Å². The van der Waals surface area contributed by atoms with E-state index >= 15 is 0 Å². The summed E-state index contributed by atoms with van der Waals surface area (Å²) >= 11 is 0. The molecule has 1 atom stereocenters. The summed E-state index contributed by atoms with van der Waals surface area (Å²) in [6, 6.07) is 7.78. The SMILES string of the molecule is N#CCC(N)c1ccc(C#N)cc1O. The van der Waals surface area contributed by atoms with Crippen LogP contribution in [0.2, 0.25) is 0 Å². The molecular formula is C10H9N3O. The molecule has 0 saturated carbocycles. The van der Waals surface area contributed by atoms with Gasteiger partial charge in [-0.25, -0.2) is 0 Å². The Morgan fingerprint density at radius 3 is 2.64 bits per heavy atom. The number of aromatic hydroxyl groups is 1. The number of hydrogen-bond donors (Lipinski definition) is 2. The second kappa shape index (κ2) is 4.27. The second-order valence-electron chi connectivity index (χ2n) is 2.85. The fourth-order valence-corrected chi connectivity index (χ4v) is 1.14. The molecule has 4 nitrogen and oxygen atoms in total. The largest absolute Gasteiger partial charge is 0.508 e. The molecule has 0 saturated heterocycles. The zero-order valence-electron chi connectivity index (χ0n) is 7.44. The summed E-state index contributed by atoms with van der Waals surface area (Å²) in [6.45, 7) is 0. The molecule has 14 heavy (non-hydrogen) atoms. The van der Waals surface area contributed by atoms with Crippen LogP contribution in [0.1, 0.15) is 23.6 Å². The van der Waals surface area contributed by atoms with E-state index in [0.29, 0.717) is 11.1 Å². The van der Waals surface area contributed by atoms with Crippen LogP contribution in [0.15, 0.2) is 18.2 Å². The van der Waals surface area contributed by atoms with Crippen LogP contribution in [0, 0.1) is 22.7 Å². The van der Waals surface area contributed by atoms with Crippen LogP contribution < -0.4 is 5.73 Å². The maximum Gasteiger partial charge on any atom is 0.121 e. The maximum absolute atomic E-state index is 9.48. The molecule has 0 radical (unpaired) electrons. The van der Waals surface area contributed by atoms with E-state index in [4.69, 9.17) is 16.3 Å². The van der Waals surface area contributed by atoms with Crippen molar-refractivity contribution >= 4 is 0 Å². The van der Waals surface area contributed by atoms with Crippen LogP contribution in [-0.2, 0) is 0 Å². The van der Waals surface area contributed by atoms with Crippen LogP contribution in [0.3, 0.4) is 0 Å². The summed E-state index contributed by atoms with van der Waals surface area (Å²) in [5.41, 5.74) is 6.49. The molecule has 0 bridgehead atoms. The number of benzene rings is 1. The summed E-state index contributed by atoms with van der Waals surface area (Å²) < 4.78 is 0. The standard InChI is InChI=1S/C10H9N3O/c11-4-3-9(13)8-2-1-7(6-12)5-10(8)14/h1-2,5,9,14H,3,13H2. The number of nitrogens with zero attached hydrogens (tertiary/aromatic N) is 2. The van der Waals surface area contributed by atoms with Gasteiger partial charge in [0.1, 0.15) is 5.75 Å². The first-order chi connectivity index (χ1) is 6.69. The van der Waals surface area contributed by atoms with Crippen molar-refractivity contribution in [2.24, 2.45) is 5.73 Å². The second-order valence-corrected chi connectivity index (χ2v) is 2.85. The van der Waals surface area contributed by atoms with Crippen molar-refractivity contribution in [1.29, 1.82) is 10.5 Å². The Bertz CT molecular complexity index is 414. The summed E-state index contributed by atoms with van der Waals surface area (Å²) in [7, 11) is 0. The van der Waals surface area contributed by atoms with Gasteiger partial charge in [-0.1, -0.05) is 6.07 Å². The molecule has 1 rings (SSSR count). The first-order valence-electron chi connectivity index (χ1n) is 4.04. The van der Waals surface area contributed by atoms with Gasteiger partial charge < -0.3 is 10.8 Å². The summed E-state index contributed by atoms with van der Waals surface area (Å²) in [6.07, 6.45) is 0.138. The van der Waals surface area contributed by atoms with E-state index < -0.39 is 6.04 Å². The topological polar surface area (TPSA) is 93.8 Å². The van der Waals surface area contributed by atoms with Gasteiger partial charge in [0.2, 0.25) is 0 Å². The van der Waals surface area contributed by atoms with E-state index in [9.17, 15) is 5.11 Å². The fraction of sp³-hybridized carbons (Fsp3) is 0.200. The van der Waals surface area contributed by atoms with Crippen LogP contribution >= 0.6 is 0 Å². The quantitative estimate of drug-likeness (QED) is 0.726. The highest BCUT2D eigenvalue weighted by Crippen LogP contribution is 2.25. The number of phenols is 1. The molecule has 0 aromatic heterocycles. The van der Waals surface area contributed by atoms with Gasteiger partial charge in [0, 0.05) is 11.6 Å². The smallest absolute Gasteiger partial charge is 0.121 e. The summed E-state index contributed by atoms with van der Waals surface area (Å²) in [5, 5.41) is 26.5. The highest BCUT2D eigenvalue weighted by atomic mass is 16.3. The number of rotatable bonds is 2. The van der Waals surface area contributed by atoms with E-state index in [2.05, 4.69) is 0 Å². The number of hydrogen-bond acceptors (Lipinski definition) is 4. The third-order valence-corrected chi connectivity index (χ3v) is 1.87. The minimum absolute atomic E-state index is 0.0354. The molecule has 1 unspecified atom stereocenters. The number of nitrogens with two attached hydrogens (primary N) is 1. The van der Waals surface area contributed by atoms with Gasteiger partial charge in [-0.15, -0.1) is 0 Å². The summed E-state index contributed by atoms with van der Waals surface area (Å²) in [5.74, 6) is -0.0354. The lowest BCUT2D eigenvalue weighted by molar-refractivity contribution is 0.462. The molecule has 3 N–H and O–H groups in total. The first kappa shape index (κ1) is 10.0. The van der Waals surface area contributed by atoms with Gasteiger partial charge in [0.25, 0.3) is 0 Å². The van der Waals surface area contributed by atoms with Crippen LogP contribution in [0.25, 0.3) is 0 Å². The van der Waals surface area contributed by atoms with Crippen molar-refractivity contribution in [3.8, 4) is 17.9 Å². The average Bonchev–Trinajstić information content (AvgIpc) is 2.17. The minimum atomic E-state index is -0.507. The van der Waals surface area contributed by atoms with Crippen LogP contribution in [-0.4, -0.2) is 5.11 Å². The average molecular weight is 187 g/mol. The van der Waals surface area contributed by atoms with Crippen molar-refractivity contribution in [3.63, 3.8) is 0 Å². The Morgan fingerprint density at radius 1 is 1.43 bits per heavy atom. The molecule has 0 heterocycles.